The molecule has 0 aliphatic carbocycles. The largest absolute Gasteiger partial charge is 0.504 e. The third kappa shape index (κ3) is 4.69. The zero-order chi connectivity index (χ0) is 17.6. The molecule has 2 rings (SSSR count). The normalized spacial score (nSPS) is 12.6. The topological polar surface area (TPSA) is 68.8 Å². The van der Waals surface area contributed by atoms with Crippen LogP contribution in [-0.4, -0.2) is 27.8 Å². The summed E-state index contributed by atoms with van der Waals surface area (Å²) in [5.41, 5.74) is 0.805. The van der Waals surface area contributed by atoms with E-state index in [9.17, 15) is 13.6 Å². The highest BCUT2D eigenvalue weighted by Gasteiger charge is 2.42. The number of hydrogen-bond donors (Lipinski definition) is 0. The van der Waals surface area contributed by atoms with Crippen LogP contribution in [0.1, 0.15) is 12.5 Å². The van der Waals surface area contributed by atoms with E-state index in [0.717, 1.165) is 11.8 Å². The summed E-state index contributed by atoms with van der Waals surface area (Å²) in [5, 5.41) is 3.26. The Kier molecular flexibility index (Phi) is 5.75. The van der Waals surface area contributed by atoms with E-state index in [2.05, 4.69) is 20.0 Å². The molecule has 2 heterocycles. The van der Waals surface area contributed by atoms with Gasteiger partial charge in [-0.3, -0.25) is 4.79 Å². The number of carbonyl (C=O) groups excluding carboxylic acids is 1. The van der Waals surface area contributed by atoms with E-state index in [1.54, 1.807) is 36.7 Å². The first kappa shape index (κ1) is 17.7. The van der Waals surface area contributed by atoms with E-state index in [1.807, 2.05) is 0 Å². The van der Waals surface area contributed by atoms with E-state index in [4.69, 9.17) is 11.6 Å². The highest BCUT2D eigenvalue weighted by Crippen LogP contribution is 2.17. The highest BCUT2D eigenvalue weighted by atomic mass is 35.5. The van der Waals surface area contributed by atoms with Crippen LogP contribution in [-0.2, 0) is 16.2 Å². The number of hydrogen-bond acceptors (Lipinski definition) is 4. The van der Waals surface area contributed by atoms with Crippen molar-refractivity contribution in [3.63, 3.8) is 0 Å². The van der Waals surface area contributed by atoms with Crippen molar-refractivity contribution in [2.75, 3.05) is 0 Å². The van der Waals surface area contributed by atoms with Gasteiger partial charge in [-0.25, -0.2) is 4.98 Å². The number of carbonyl (C=O) groups is 1. The molecule has 6 nitrogen and oxygen atoms in total. The van der Waals surface area contributed by atoms with Gasteiger partial charge in [0.2, 0.25) is 0 Å². The van der Waals surface area contributed by atoms with Crippen molar-refractivity contribution in [1.82, 2.24) is 9.55 Å². The predicted molar refractivity (Wildman–Crippen MR) is 83.5 cm³/mol. The summed E-state index contributed by atoms with van der Waals surface area (Å²) in [5.74, 6) is -1.75. The number of rotatable bonds is 5. The number of pyridine rings is 2. The molecular formula is C15H13ClF2N4O2. The molecule has 0 saturated heterocycles. The third-order valence-electron chi connectivity index (χ3n) is 2.80. The number of halogens is 3. The summed E-state index contributed by atoms with van der Waals surface area (Å²) in [4.78, 5) is 22.8. The molecule has 0 fully saturated rings. The summed E-state index contributed by atoms with van der Waals surface area (Å²) in [6.07, 6.45) is 0.00492. The van der Waals surface area contributed by atoms with Crippen molar-refractivity contribution in [1.29, 1.82) is 0 Å². The molecule has 2 aromatic rings. The molecule has 9 heteroatoms. The van der Waals surface area contributed by atoms with Crippen LogP contribution >= 0.6 is 11.6 Å². The SMILES string of the molecule is C/C=N/OC(F)(F)C(=O)N=c1ccccn1Cc1ccc(Cl)nc1. The van der Waals surface area contributed by atoms with Gasteiger partial charge in [-0.05, 0) is 30.7 Å². The average Bonchev–Trinajstić information content (AvgIpc) is 2.56. The smallest absolute Gasteiger partial charge is 0.328 e. The molecular weight excluding hydrogens is 342 g/mol. The first-order valence-corrected chi connectivity index (χ1v) is 7.19. The second-order valence-electron chi connectivity index (χ2n) is 4.56. The van der Waals surface area contributed by atoms with Gasteiger partial charge in [0.05, 0.1) is 6.54 Å². The highest BCUT2D eigenvalue weighted by molar-refractivity contribution is 6.29. The average molecular weight is 355 g/mol. The Bertz CT molecular complexity index is 804. The number of aromatic nitrogens is 2. The summed E-state index contributed by atoms with van der Waals surface area (Å²) in [6.45, 7) is 1.65. The maximum Gasteiger partial charge on any atom is 0.504 e. The number of amides is 1. The lowest BCUT2D eigenvalue weighted by atomic mass is 10.3. The van der Waals surface area contributed by atoms with Gasteiger partial charge in [-0.15, -0.1) is 0 Å². The van der Waals surface area contributed by atoms with E-state index in [1.165, 1.54) is 17.6 Å². The van der Waals surface area contributed by atoms with Gasteiger partial charge >= 0.3 is 12.0 Å². The van der Waals surface area contributed by atoms with Crippen LogP contribution < -0.4 is 5.49 Å². The Labute approximate surface area is 141 Å². The van der Waals surface area contributed by atoms with Gasteiger partial charge < -0.3 is 9.40 Å². The molecule has 126 valence electrons. The maximum atomic E-state index is 13.5. The molecule has 0 radical (unpaired) electrons. The molecule has 2 aromatic heterocycles. The fourth-order valence-corrected chi connectivity index (χ4v) is 1.84. The zero-order valence-electron chi connectivity index (χ0n) is 12.6. The van der Waals surface area contributed by atoms with Crippen molar-refractivity contribution in [3.05, 3.63) is 58.9 Å². The quantitative estimate of drug-likeness (QED) is 0.471. The summed E-state index contributed by atoms with van der Waals surface area (Å²) in [7, 11) is 0. The first-order valence-electron chi connectivity index (χ1n) is 6.81. The zero-order valence-corrected chi connectivity index (χ0v) is 13.3. The van der Waals surface area contributed by atoms with Crippen LogP contribution in [0.5, 0.6) is 0 Å². The molecule has 0 spiro atoms. The van der Waals surface area contributed by atoms with Crippen LogP contribution in [0.15, 0.2) is 52.9 Å². The summed E-state index contributed by atoms with van der Waals surface area (Å²) < 4.78 is 28.5. The minimum absolute atomic E-state index is 0.0428. The van der Waals surface area contributed by atoms with E-state index in [0.29, 0.717) is 5.15 Å². The minimum atomic E-state index is -4.14. The van der Waals surface area contributed by atoms with E-state index < -0.39 is 12.0 Å². The van der Waals surface area contributed by atoms with Crippen LogP contribution in [0.3, 0.4) is 0 Å². The number of nitrogens with zero attached hydrogens (tertiary/aromatic N) is 4. The second kappa shape index (κ2) is 7.78. The lowest BCUT2D eigenvalue weighted by Gasteiger charge is -2.10. The van der Waals surface area contributed by atoms with Crippen molar-refractivity contribution >= 4 is 23.7 Å². The molecule has 1 amide bonds. The number of oxime groups is 1. The summed E-state index contributed by atoms with van der Waals surface area (Å²) >= 11 is 5.72. The van der Waals surface area contributed by atoms with Gasteiger partial charge in [0.15, 0.2) is 0 Å². The second-order valence-corrected chi connectivity index (χ2v) is 4.95. The molecule has 24 heavy (non-hydrogen) atoms. The van der Waals surface area contributed by atoms with Gasteiger partial charge in [0, 0.05) is 18.6 Å². The van der Waals surface area contributed by atoms with Crippen molar-refractivity contribution in [2.45, 2.75) is 19.6 Å². The molecule has 0 saturated carbocycles. The molecule has 0 aliphatic rings. The maximum absolute atomic E-state index is 13.5. The molecule has 0 aromatic carbocycles. The minimum Gasteiger partial charge on any atom is -0.328 e. The van der Waals surface area contributed by atoms with Crippen molar-refractivity contribution < 1.29 is 18.4 Å². The molecule has 0 unspecified atom stereocenters. The van der Waals surface area contributed by atoms with Crippen LogP contribution in [0.4, 0.5) is 8.78 Å². The lowest BCUT2D eigenvalue weighted by molar-refractivity contribution is -0.228. The first-order chi connectivity index (χ1) is 11.4. The van der Waals surface area contributed by atoms with Gasteiger partial charge in [-0.2, -0.15) is 13.8 Å². The van der Waals surface area contributed by atoms with Crippen LogP contribution in [0.25, 0.3) is 0 Å². The molecule has 0 atom stereocenters. The van der Waals surface area contributed by atoms with Crippen molar-refractivity contribution in [2.24, 2.45) is 10.1 Å². The molecule has 0 aliphatic heterocycles. The molecule has 0 bridgehead atoms. The Balaban J connectivity index is 2.30. The van der Waals surface area contributed by atoms with Gasteiger partial charge in [0.1, 0.15) is 10.6 Å². The Morgan fingerprint density at radius 1 is 1.42 bits per heavy atom. The Morgan fingerprint density at radius 2 is 2.21 bits per heavy atom. The van der Waals surface area contributed by atoms with Crippen LogP contribution in [0, 0.1) is 0 Å². The Hall–Kier alpha value is -2.61. The van der Waals surface area contributed by atoms with Gasteiger partial charge in [0.25, 0.3) is 0 Å². The number of alkyl halides is 2. The van der Waals surface area contributed by atoms with Gasteiger partial charge in [-0.1, -0.05) is 28.9 Å². The van der Waals surface area contributed by atoms with Crippen LogP contribution in [0.2, 0.25) is 5.15 Å². The monoisotopic (exact) mass is 354 g/mol. The van der Waals surface area contributed by atoms with E-state index >= 15 is 0 Å². The van der Waals surface area contributed by atoms with Crippen molar-refractivity contribution in [3.8, 4) is 0 Å². The van der Waals surface area contributed by atoms with E-state index in [-0.39, 0.29) is 12.0 Å². The fraction of sp³-hybridized carbons (Fsp3) is 0.200. The molecule has 0 N–H and O–H groups in total. The third-order valence-corrected chi connectivity index (χ3v) is 3.02. The lowest BCUT2D eigenvalue weighted by Crippen LogP contribution is -2.32. The summed E-state index contributed by atoms with van der Waals surface area (Å²) in [6, 6.07) is 8.02. The predicted octanol–water partition coefficient (Wildman–Crippen LogP) is 2.63. The Morgan fingerprint density at radius 3 is 2.88 bits per heavy atom. The standard InChI is InChI=1S/C15H13ClF2N4O2/c1-2-20-24-15(17,18)14(23)21-13-5-3-4-8-22(13)10-11-6-7-12(16)19-9-11/h2-9H,10H2,1H3/b20-2+,21-13?. The fourth-order valence-electron chi connectivity index (χ4n) is 1.73.